The van der Waals surface area contributed by atoms with E-state index in [1.165, 1.54) is 4.90 Å². The summed E-state index contributed by atoms with van der Waals surface area (Å²) in [6.07, 6.45) is 9.39. The van der Waals surface area contributed by atoms with Crippen molar-refractivity contribution in [3.63, 3.8) is 0 Å². The van der Waals surface area contributed by atoms with E-state index in [4.69, 9.17) is 0 Å². The first-order valence-corrected chi connectivity index (χ1v) is 7.66. The normalized spacial score (nSPS) is 20.6. The Morgan fingerprint density at radius 2 is 1.91 bits per heavy atom. The number of rotatable bonds is 4. The van der Waals surface area contributed by atoms with Crippen molar-refractivity contribution in [2.75, 3.05) is 11.4 Å². The van der Waals surface area contributed by atoms with Gasteiger partial charge in [-0.05, 0) is 24.6 Å². The van der Waals surface area contributed by atoms with Crippen LogP contribution in [0, 0.1) is 5.92 Å². The number of carbonyl (C=O) groups is 2. The fourth-order valence-electron chi connectivity index (χ4n) is 2.82. The van der Waals surface area contributed by atoms with Crippen molar-refractivity contribution >= 4 is 23.3 Å². The maximum absolute atomic E-state index is 12.8. The van der Waals surface area contributed by atoms with E-state index < -0.39 is 0 Å². The molecule has 0 bridgehead atoms. The van der Waals surface area contributed by atoms with Crippen molar-refractivity contribution in [2.45, 2.75) is 19.8 Å². The van der Waals surface area contributed by atoms with Gasteiger partial charge in [0, 0.05) is 0 Å². The van der Waals surface area contributed by atoms with E-state index in [2.05, 4.69) is 6.92 Å². The number of benzene rings is 1. The second kappa shape index (κ2) is 6.10. The summed E-state index contributed by atoms with van der Waals surface area (Å²) in [7, 11) is 0. The molecule has 1 aromatic carbocycles. The van der Waals surface area contributed by atoms with Gasteiger partial charge in [-0.2, -0.15) is 9.37 Å². The highest BCUT2D eigenvalue weighted by Crippen LogP contribution is 2.25. The van der Waals surface area contributed by atoms with Gasteiger partial charge in [-0.15, -0.1) is 4.90 Å². The third-order valence-electron chi connectivity index (χ3n) is 3.97. The lowest BCUT2D eigenvalue weighted by Crippen LogP contribution is -2.54. The minimum Gasteiger partial charge on any atom is -0.245 e. The van der Waals surface area contributed by atoms with Crippen molar-refractivity contribution in [2.24, 2.45) is 5.92 Å². The van der Waals surface area contributed by atoms with E-state index in [1.807, 2.05) is 42.5 Å². The van der Waals surface area contributed by atoms with Crippen molar-refractivity contribution in [3.8, 4) is 0 Å². The SMILES string of the molecule is CCCC[N+]1=C2C=CC=CC2C(=O)N(c2ccccc2)C1=O. The molecule has 3 rings (SSSR count). The number of imide groups is 1. The van der Waals surface area contributed by atoms with E-state index in [1.54, 1.807) is 16.7 Å². The number of para-hydroxylation sites is 1. The molecule has 22 heavy (non-hydrogen) atoms. The minimum absolute atomic E-state index is 0.181. The van der Waals surface area contributed by atoms with Crippen LogP contribution in [0.2, 0.25) is 0 Å². The van der Waals surface area contributed by atoms with Crippen LogP contribution < -0.4 is 4.90 Å². The van der Waals surface area contributed by atoms with Crippen LogP contribution in [0.15, 0.2) is 54.6 Å². The highest BCUT2D eigenvalue weighted by molar-refractivity contribution is 6.25. The number of hydrogen-bond acceptors (Lipinski definition) is 2. The zero-order valence-electron chi connectivity index (χ0n) is 12.6. The molecular formula is C18H19N2O2+. The van der Waals surface area contributed by atoms with Crippen LogP contribution in [0.4, 0.5) is 10.5 Å². The molecule has 0 N–H and O–H groups in total. The molecule has 0 fully saturated rings. The molecule has 4 heteroatoms. The Kier molecular flexibility index (Phi) is 4.00. The molecule has 0 saturated carbocycles. The van der Waals surface area contributed by atoms with Gasteiger partial charge >= 0.3 is 11.9 Å². The molecule has 112 valence electrons. The summed E-state index contributed by atoms with van der Waals surface area (Å²) in [6, 6.07) is 8.88. The van der Waals surface area contributed by atoms with Crippen LogP contribution in [0.25, 0.3) is 0 Å². The fourth-order valence-corrected chi connectivity index (χ4v) is 2.82. The molecule has 1 aromatic rings. The van der Waals surface area contributed by atoms with E-state index in [9.17, 15) is 9.59 Å². The quantitative estimate of drug-likeness (QED) is 0.801. The zero-order chi connectivity index (χ0) is 15.5. The summed E-state index contributed by atoms with van der Waals surface area (Å²) in [5.74, 6) is -0.556. The van der Waals surface area contributed by atoms with Gasteiger partial charge in [0.15, 0.2) is 0 Å². The van der Waals surface area contributed by atoms with Gasteiger partial charge in [0.2, 0.25) is 0 Å². The van der Waals surface area contributed by atoms with Gasteiger partial charge < -0.3 is 0 Å². The van der Waals surface area contributed by atoms with Crippen molar-refractivity contribution in [1.82, 2.24) is 0 Å². The van der Waals surface area contributed by atoms with Crippen molar-refractivity contribution < 1.29 is 14.2 Å². The van der Waals surface area contributed by atoms with Gasteiger partial charge in [-0.1, -0.05) is 49.8 Å². The van der Waals surface area contributed by atoms with Gasteiger partial charge in [-0.3, -0.25) is 0 Å². The summed E-state index contributed by atoms with van der Waals surface area (Å²) in [5, 5.41) is 0. The number of allylic oxidation sites excluding steroid dienone is 3. The number of nitrogens with zero attached hydrogens (tertiary/aromatic N) is 2. The van der Waals surface area contributed by atoms with Crippen molar-refractivity contribution in [3.05, 3.63) is 54.6 Å². The number of unbranched alkanes of at least 4 members (excludes halogenated alkanes) is 1. The lowest BCUT2D eigenvalue weighted by molar-refractivity contribution is -0.429. The number of carbonyl (C=O) groups excluding carboxylic acids is 2. The number of urea groups is 1. The molecule has 3 amide bonds. The van der Waals surface area contributed by atoms with Gasteiger partial charge in [0.05, 0.1) is 6.54 Å². The Morgan fingerprint density at radius 1 is 1.14 bits per heavy atom. The molecular weight excluding hydrogens is 276 g/mol. The zero-order valence-corrected chi connectivity index (χ0v) is 12.6. The Labute approximate surface area is 130 Å². The molecule has 1 aliphatic heterocycles. The lowest BCUT2D eigenvalue weighted by Gasteiger charge is -2.26. The molecule has 4 nitrogen and oxygen atoms in total. The topological polar surface area (TPSA) is 40.4 Å². The predicted molar refractivity (Wildman–Crippen MR) is 86.1 cm³/mol. The van der Waals surface area contributed by atoms with Crippen LogP contribution in [0.3, 0.4) is 0 Å². The number of anilines is 1. The largest absolute Gasteiger partial charge is 0.506 e. The molecule has 0 radical (unpaired) electrons. The lowest BCUT2D eigenvalue weighted by atomic mass is 9.94. The summed E-state index contributed by atoms with van der Waals surface area (Å²) >= 11 is 0. The number of hydrogen-bond donors (Lipinski definition) is 0. The summed E-state index contributed by atoms with van der Waals surface area (Å²) in [4.78, 5) is 26.9. The summed E-state index contributed by atoms with van der Waals surface area (Å²) in [5.41, 5.74) is 1.42. The number of amides is 3. The second-order valence-corrected chi connectivity index (χ2v) is 5.44. The van der Waals surface area contributed by atoms with Crippen LogP contribution in [-0.4, -0.2) is 28.8 Å². The highest BCUT2D eigenvalue weighted by atomic mass is 16.2. The van der Waals surface area contributed by atoms with Crippen molar-refractivity contribution in [1.29, 1.82) is 0 Å². The highest BCUT2D eigenvalue weighted by Gasteiger charge is 2.47. The van der Waals surface area contributed by atoms with Crippen LogP contribution in [0.1, 0.15) is 19.8 Å². The Hall–Kier alpha value is -2.49. The molecule has 0 aromatic heterocycles. The first-order valence-electron chi connectivity index (χ1n) is 7.66. The molecule has 2 aliphatic rings. The van der Waals surface area contributed by atoms with Crippen LogP contribution >= 0.6 is 0 Å². The van der Waals surface area contributed by atoms with E-state index in [-0.39, 0.29) is 17.9 Å². The van der Waals surface area contributed by atoms with E-state index >= 15 is 0 Å². The van der Waals surface area contributed by atoms with Gasteiger partial charge in [0.25, 0.3) is 0 Å². The average molecular weight is 295 g/mol. The van der Waals surface area contributed by atoms with E-state index in [0.717, 1.165) is 18.6 Å². The average Bonchev–Trinajstić information content (AvgIpc) is 2.56. The van der Waals surface area contributed by atoms with Gasteiger partial charge in [-0.25, -0.2) is 4.79 Å². The van der Waals surface area contributed by atoms with Crippen LogP contribution in [-0.2, 0) is 4.79 Å². The smallest absolute Gasteiger partial charge is 0.245 e. The minimum atomic E-state index is -0.375. The number of fused-ring (bicyclic) bond motifs is 1. The molecule has 0 spiro atoms. The molecule has 1 aliphatic carbocycles. The molecule has 1 unspecified atom stereocenters. The fraction of sp³-hybridized carbons (Fsp3) is 0.278. The summed E-state index contributed by atoms with van der Waals surface area (Å²) in [6.45, 7) is 2.73. The Morgan fingerprint density at radius 3 is 2.64 bits per heavy atom. The molecule has 1 atom stereocenters. The molecule has 1 heterocycles. The maximum Gasteiger partial charge on any atom is 0.506 e. The first-order chi connectivity index (χ1) is 10.7. The maximum atomic E-state index is 12.8. The molecule has 0 saturated heterocycles. The Balaban J connectivity index is 2.07. The monoisotopic (exact) mass is 295 g/mol. The third-order valence-corrected chi connectivity index (χ3v) is 3.97. The predicted octanol–water partition coefficient (Wildman–Crippen LogP) is 3.15. The summed E-state index contributed by atoms with van der Waals surface area (Å²) < 4.78 is 1.74. The first kappa shape index (κ1) is 14.4. The van der Waals surface area contributed by atoms with Crippen LogP contribution in [0.5, 0.6) is 0 Å². The standard InChI is InChI=1S/C18H19N2O2/c1-2-3-13-19-16-12-8-7-11-15(16)17(21)20(18(19)22)14-9-5-4-6-10-14/h4-12,15H,2-3,13H2,1H3/q+1. The third kappa shape index (κ3) is 2.41. The van der Waals surface area contributed by atoms with E-state index in [0.29, 0.717) is 12.2 Å². The second-order valence-electron chi connectivity index (χ2n) is 5.44. The Bertz CT molecular complexity index is 686. The van der Waals surface area contributed by atoms with Gasteiger partial charge in [0.1, 0.15) is 17.3 Å².